The van der Waals surface area contributed by atoms with Crippen LogP contribution in [0.1, 0.15) is 23.6 Å². The number of amides is 2. The maximum atomic E-state index is 13.6. The number of anilines is 2. The Morgan fingerprint density at radius 1 is 0.879 bits per heavy atom. The zero-order valence-corrected chi connectivity index (χ0v) is 20.0. The van der Waals surface area contributed by atoms with Crippen LogP contribution in [0.15, 0.2) is 82.2 Å². The van der Waals surface area contributed by atoms with Gasteiger partial charge in [-0.3, -0.25) is 9.59 Å². The summed E-state index contributed by atoms with van der Waals surface area (Å²) in [5.74, 6) is 0.0574. The summed E-state index contributed by atoms with van der Waals surface area (Å²) < 4.78 is 5.50. The minimum Gasteiger partial charge on any atom is -0.494 e. The van der Waals surface area contributed by atoms with E-state index in [-0.39, 0.29) is 17.5 Å². The van der Waals surface area contributed by atoms with E-state index in [1.807, 2.05) is 94.4 Å². The number of hydrogen-bond donors (Lipinski definition) is 1. The third-order valence-corrected chi connectivity index (χ3v) is 6.62. The average molecular weight is 459 g/mol. The van der Waals surface area contributed by atoms with Gasteiger partial charge in [0.05, 0.1) is 12.3 Å². The van der Waals surface area contributed by atoms with Gasteiger partial charge < -0.3 is 10.1 Å². The molecule has 0 unspecified atom stereocenters. The lowest BCUT2D eigenvalue weighted by atomic mass is 10.1. The number of benzene rings is 3. The van der Waals surface area contributed by atoms with Crippen molar-refractivity contribution in [3.63, 3.8) is 0 Å². The molecule has 0 spiro atoms. The fourth-order valence-electron chi connectivity index (χ4n) is 3.58. The molecule has 0 atom stereocenters. The molecular weight excluding hydrogens is 432 g/mol. The highest BCUT2D eigenvalue weighted by molar-refractivity contribution is 8.04. The number of nitrogens with one attached hydrogen (secondary N) is 1. The lowest BCUT2D eigenvalue weighted by Crippen LogP contribution is -2.33. The maximum absolute atomic E-state index is 13.6. The zero-order valence-electron chi connectivity index (χ0n) is 19.1. The van der Waals surface area contributed by atoms with E-state index in [4.69, 9.17) is 4.74 Å². The van der Waals surface area contributed by atoms with Gasteiger partial charge in [-0.2, -0.15) is 0 Å². The van der Waals surface area contributed by atoms with E-state index >= 15 is 0 Å². The Hall–Kier alpha value is -3.51. The molecule has 33 heavy (non-hydrogen) atoms. The van der Waals surface area contributed by atoms with Gasteiger partial charge in [-0.1, -0.05) is 41.6 Å². The van der Waals surface area contributed by atoms with Gasteiger partial charge in [-0.15, -0.1) is 0 Å². The lowest BCUT2D eigenvalue weighted by Gasteiger charge is -2.19. The minimum atomic E-state index is -0.364. The van der Waals surface area contributed by atoms with Gasteiger partial charge in [0.15, 0.2) is 0 Å². The molecule has 0 bridgehead atoms. The summed E-state index contributed by atoms with van der Waals surface area (Å²) >= 11 is 1.30. The van der Waals surface area contributed by atoms with Crippen molar-refractivity contribution in [3.8, 4) is 5.75 Å². The number of carbonyl (C=O) groups is 2. The SMILES string of the molecule is CCOc1ccc(NC2=C(Sc3ccc(C)cc3)C(=O)N(c3cccc(C)c3C)C2=O)cc1. The molecule has 0 aliphatic carbocycles. The van der Waals surface area contributed by atoms with Gasteiger partial charge >= 0.3 is 0 Å². The lowest BCUT2D eigenvalue weighted by molar-refractivity contribution is -0.120. The number of ether oxygens (including phenoxy) is 1. The quantitative estimate of drug-likeness (QED) is 0.440. The molecule has 0 aromatic heterocycles. The van der Waals surface area contributed by atoms with E-state index < -0.39 is 0 Å². The summed E-state index contributed by atoms with van der Waals surface area (Å²) in [6.45, 7) is 8.41. The highest BCUT2D eigenvalue weighted by Gasteiger charge is 2.40. The van der Waals surface area contributed by atoms with E-state index in [1.54, 1.807) is 0 Å². The van der Waals surface area contributed by atoms with Crippen LogP contribution in [0.3, 0.4) is 0 Å². The first-order valence-electron chi connectivity index (χ1n) is 10.8. The van der Waals surface area contributed by atoms with Crippen molar-refractivity contribution in [2.45, 2.75) is 32.6 Å². The number of aryl methyl sites for hydroxylation is 2. The molecular formula is C27H26N2O3S. The van der Waals surface area contributed by atoms with Crippen molar-refractivity contribution >= 4 is 35.0 Å². The Morgan fingerprint density at radius 2 is 1.58 bits per heavy atom. The Balaban J connectivity index is 1.73. The van der Waals surface area contributed by atoms with Crippen molar-refractivity contribution < 1.29 is 14.3 Å². The molecule has 2 amide bonds. The van der Waals surface area contributed by atoms with Gasteiger partial charge in [0.25, 0.3) is 11.8 Å². The van der Waals surface area contributed by atoms with Crippen LogP contribution in [0.2, 0.25) is 0 Å². The highest BCUT2D eigenvalue weighted by Crippen LogP contribution is 2.39. The third kappa shape index (κ3) is 4.66. The van der Waals surface area contributed by atoms with Gasteiger partial charge in [0.2, 0.25) is 0 Å². The molecule has 3 aromatic carbocycles. The highest BCUT2D eigenvalue weighted by atomic mass is 32.2. The van der Waals surface area contributed by atoms with Crippen LogP contribution in [-0.2, 0) is 9.59 Å². The van der Waals surface area contributed by atoms with Crippen LogP contribution in [-0.4, -0.2) is 18.4 Å². The summed E-state index contributed by atoms with van der Waals surface area (Å²) in [6, 6.07) is 20.9. The molecule has 1 aliphatic heterocycles. The molecule has 1 N–H and O–H groups in total. The van der Waals surface area contributed by atoms with Crippen LogP contribution in [0.4, 0.5) is 11.4 Å². The van der Waals surface area contributed by atoms with E-state index in [1.165, 1.54) is 16.7 Å². The normalized spacial score (nSPS) is 13.6. The molecule has 0 saturated carbocycles. The second kappa shape index (κ2) is 9.55. The van der Waals surface area contributed by atoms with Crippen LogP contribution < -0.4 is 15.0 Å². The number of thioether (sulfide) groups is 1. The van der Waals surface area contributed by atoms with E-state index in [2.05, 4.69) is 5.32 Å². The number of imide groups is 1. The van der Waals surface area contributed by atoms with Crippen molar-refractivity contribution in [2.75, 3.05) is 16.8 Å². The molecule has 4 rings (SSSR count). The van der Waals surface area contributed by atoms with Crippen LogP contribution in [0.5, 0.6) is 5.75 Å². The average Bonchev–Trinajstić information content (AvgIpc) is 3.02. The largest absolute Gasteiger partial charge is 0.494 e. The number of carbonyl (C=O) groups excluding carboxylic acids is 2. The first kappa shape index (κ1) is 22.7. The summed E-state index contributed by atoms with van der Waals surface area (Å²) in [7, 11) is 0. The summed E-state index contributed by atoms with van der Waals surface area (Å²) in [5.41, 5.74) is 4.65. The smallest absolute Gasteiger partial charge is 0.283 e. The van der Waals surface area contributed by atoms with Gasteiger partial charge in [0.1, 0.15) is 16.4 Å². The van der Waals surface area contributed by atoms with Crippen molar-refractivity contribution in [3.05, 3.63) is 94.0 Å². The Kier molecular flexibility index (Phi) is 6.56. The second-order valence-electron chi connectivity index (χ2n) is 7.87. The Morgan fingerprint density at radius 3 is 2.24 bits per heavy atom. The molecule has 5 nitrogen and oxygen atoms in total. The molecule has 3 aromatic rings. The first-order valence-corrected chi connectivity index (χ1v) is 11.6. The maximum Gasteiger partial charge on any atom is 0.283 e. The molecule has 0 saturated heterocycles. The van der Waals surface area contributed by atoms with Crippen molar-refractivity contribution in [2.24, 2.45) is 0 Å². The number of nitrogens with zero attached hydrogens (tertiary/aromatic N) is 1. The monoisotopic (exact) mass is 458 g/mol. The topological polar surface area (TPSA) is 58.6 Å². The summed E-state index contributed by atoms with van der Waals surface area (Å²) in [6.07, 6.45) is 0. The fourth-order valence-corrected chi connectivity index (χ4v) is 4.51. The first-order chi connectivity index (χ1) is 15.9. The predicted molar refractivity (Wildman–Crippen MR) is 134 cm³/mol. The zero-order chi connectivity index (χ0) is 23.5. The minimum absolute atomic E-state index is 0.274. The molecule has 6 heteroatoms. The van der Waals surface area contributed by atoms with E-state index in [9.17, 15) is 9.59 Å². The molecule has 0 fully saturated rings. The second-order valence-corrected chi connectivity index (χ2v) is 8.95. The number of hydrogen-bond acceptors (Lipinski definition) is 5. The van der Waals surface area contributed by atoms with Gasteiger partial charge in [0, 0.05) is 10.6 Å². The van der Waals surface area contributed by atoms with Gasteiger partial charge in [-0.25, -0.2) is 4.90 Å². The van der Waals surface area contributed by atoms with Crippen molar-refractivity contribution in [1.29, 1.82) is 0 Å². The molecule has 1 heterocycles. The molecule has 0 radical (unpaired) electrons. The Labute approximate surface area is 198 Å². The van der Waals surface area contributed by atoms with Crippen molar-refractivity contribution in [1.82, 2.24) is 0 Å². The van der Waals surface area contributed by atoms with E-state index in [0.717, 1.165) is 27.3 Å². The Bertz CT molecular complexity index is 1230. The summed E-state index contributed by atoms with van der Waals surface area (Å²) in [4.78, 5) is 29.7. The van der Waals surface area contributed by atoms with Crippen LogP contribution in [0.25, 0.3) is 0 Å². The summed E-state index contributed by atoms with van der Waals surface area (Å²) in [5, 5.41) is 3.20. The predicted octanol–water partition coefficient (Wildman–Crippen LogP) is 6.00. The van der Waals surface area contributed by atoms with Gasteiger partial charge in [-0.05, 0) is 81.3 Å². The van der Waals surface area contributed by atoms with Crippen LogP contribution in [0, 0.1) is 20.8 Å². The fraction of sp³-hybridized carbons (Fsp3) is 0.185. The number of rotatable bonds is 7. The van der Waals surface area contributed by atoms with E-state index in [0.29, 0.717) is 22.9 Å². The van der Waals surface area contributed by atoms with Crippen LogP contribution >= 0.6 is 11.8 Å². The molecule has 168 valence electrons. The standard InChI is InChI=1S/C27H26N2O3S/c1-5-32-21-13-11-20(12-14-21)28-24-25(33-22-15-9-17(2)10-16-22)27(31)29(26(24)30)23-8-6-7-18(3)19(23)4/h6-16,28H,5H2,1-4H3. The molecule has 1 aliphatic rings. The third-order valence-electron chi connectivity index (χ3n) is 5.53.